The molecule has 2 aliphatic rings. The van der Waals surface area contributed by atoms with E-state index in [1.54, 1.807) is 14.2 Å². The third-order valence-electron chi connectivity index (χ3n) is 6.29. The van der Waals surface area contributed by atoms with E-state index in [0.717, 1.165) is 56.0 Å². The van der Waals surface area contributed by atoms with Gasteiger partial charge in [-0.1, -0.05) is 30.3 Å². The number of hydrogen-bond donors (Lipinski definition) is 0. The van der Waals surface area contributed by atoms with Crippen LogP contribution in [0, 0.1) is 0 Å². The van der Waals surface area contributed by atoms with Crippen LogP contribution in [0.4, 0.5) is 0 Å². The molecule has 0 atom stereocenters. The summed E-state index contributed by atoms with van der Waals surface area (Å²) in [6.45, 7) is 3.91. The first-order valence-corrected chi connectivity index (χ1v) is 10.5. The molecule has 2 aliphatic heterocycles. The molecule has 29 heavy (non-hydrogen) atoms. The monoisotopic (exact) mass is 394 g/mol. The van der Waals surface area contributed by atoms with E-state index in [0.29, 0.717) is 19.0 Å². The zero-order valence-electron chi connectivity index (χ0n) is 17.4. The van der Waals surface area contributed by atoms with Crippen molar-refractivity contribution in [3.63, 3.8) is 0 Å². The summed E-state index contributed by atoms with van der Waals surface area (Å²) >= 11 is 0. The van der Waals surface area contributed by atoms with E-state index in [4.69, 9.17) is 9.47 Å². The summed E-state index contributed by atoms with van der Waals surface area (Å²) in [5.74, 6) is 2.33. The molecule has 2 heterocycles. The number of hydrogen-bond acceptors (Lipinski definition) is 4. The van der Waals surface area contributed by atoms with Crippen molar-refractivity contribution in [3.05, 3.63) is 59.2 Å². The molecule has 0 aliphatic carbocycles. The van der Waals surface area contributed by atoms with E-state index < -0.39 is 0 Å². The van der Waals surface area contributed by atoms with Crippen LogP contribution in [0.2, 0.25) is 0 Å². The molecule has 2 aromatic rings. The fourth-order valence-corrected chi connectivity index (χ4v) is 4.54. The Hall–Kier alpha value is -2.53. The summed E-state index contributed by atoms with van der Waals surface area (Å²) in [6.07, 6.45) is 3.10. The van der Waals surface area contributed by atoms with E-state index in [2.05, 4.69) is 35.2 Å². The number of piperidine rings is 1. The standard InChI is InChI=1S/C24H30N2O3/c1-28-22-14-20-10-13-26(16-21(20)15-23(22)29-2)24(27)17-25-11-8-19(9-12-25)18-6-4-3-5-7-18/h3-7,14-15,19H,8-13,16-17H2,1-2H3. The summed E-state index contributed by atoms with van der Waals surface area (Å²) in [5.41, 5.74) is 3.83. The summed E-state index contributed by atoms with van der Waals surface area (Å²) in [7, 11) is 3.30. The van der Waals surface area contributed by atoms with Gasteiger partial charge in [-0.3, -0.25) is 9.69 Å². The van der Waals surface area contributed by atoms with Gasteiger partial charge in [-0.25, -0.2) is 0 Å². The van der Waals surface area contributed by atoms with Crippen LogP contribution < -0.4 is 9.47 Å². The van der Waals surface area contributed by atoms with Gasteiger partial charge in [0.15, 0.2) is 11.5 Å². The molecule has 0 N–H and O–H groups in total. The molecule has 4 rings (SSSR count). The van der Waals surface area contributed by atoms with E-state index in [1.165, 1.54) is 11.1 Å². The van der Waals surface area contributed by atoms with Gasteiger partial charge in [-0.2, -0.15) is 0 Å². The zero-order chi connectivity index (χ0) is 20.2. The first-order valence-electron chi connectivity index (χ1n) is 10.5. The van der Waals surface area contributed by atoms with Gasteiger partial charge < -0.3 is 14.4 Å². The summed E-state index contributed by atoms with van der Waals surface area (Å²) in [4.78, 5) is 17.2. The summed E-state index contributed by atoms with van der Waals surface area (Å²) in [5, 5.41) is 0. The van der Waals surface area contributed by atoms with Gasteiger partial charge in [0.2, 0.25) is 5.91 Å². The summed E-state index contributed by atoms with van der Waals surface area (Å²) < 4.78 is 10.8. The molecule has 2 aromatic carbocycles. The molecule has 1 fully saturated rings. The molecular weight excluding hydrogens is 364 g/mol. The van der Waals surface area contributed by atoms with Crippen LogP contribution in [-0.4, -0.2) is 56.1 Å². The number of rotatable bonds is 5. The number of benzene rings is 2. The van der Waals surface area contributed by atoms with Crippen LogP contribution in [0.15, 0.2) is 42.5 Å². The lowest BCUT2D eigenvalue weighted by Gasteiger charge is -2.35. The molecule has 0 bridgehead atoms. The Balaban J connectivity index is 1.33. The van der Waals surface area contributed by atoms with Gasteiger partial charge in [0, 0.05) is 13.1 Å². The van der Waals surface area contributed by atoms with Crippen molar-refractivity contribution in [2.24, 2.45) is 0 Å². The molecule has 0 unspecified atom stereocenters. The Morgan fingerprint density at radius 3 is 2.28 bits per heavy atom. The van der Waals surface area contributed by atoms with Crippen LogP contribution >= 0.6 is 0 Å². The lowest BCUT2D eigenvalue weighted by Crippen LogP contribution is -2.44. The molecule has 154 valence electrons. The lowest BCUT2D eigenvalue weighted by molar-refractivity contribution is -0.133. The second-order valence-corrected chi connectivity index (χ2v) is 8.00. The van der Waals surface area contributed by atoms with E-state index in [1.807, 2.05) is 17.0 Å². The maximum absolute atomic E-state index is 12.9. The van der Waals surface area contributed by atoms with Crippen molar-refractivity contribution < 1.29 is 14.3 Å². The predicted molar refractivity (Wildman–Crippen MR) is 114 cm³/mol. The lowest BCUT2D eigenvalue weighted by atomic mass is 9.89. The molecule has 1 saturated heterocycles. The highest BCUT2D eigenvalue weighted by atomic mass is 16.5. The fourth-order valence-electron chi connectivity index (χ4n) is 4.54. The maximum atomic E-state index is 12.9. The molecule has 1 amide bonds. The van der Waals surface area contributed by atoms with Gasteiger partial charge in [-0.05, 0) is 67.1 Å². The molecule has 5 nitrogen and oxygen atoms in total. The second-order valence-electron chi connectivity index (χ2n) is 8.00. The number of nitrogens with zero attached hydrogens (tertiary/aromatic N) is 2. The average molecular weight is 395 g/mol. The topological polar surface area (TPSA) is 42.0 Å². The van der Waals surface area contributed by atoms with Crippen molar-refractivity contribution >= 4 is 5.91 Å². The maximum Gasteiger partial charge on any atom is 0.237 e. The third-order valence-corrected chi connectivity index (χ3v) is 6.29. The van der Waals surface area contributed by atoms with E-state index in [9.17, 15) is 4.79 Å². The van der Waals surface area contributed by atoms with Crippen molar-refractivity contribution in [1.82, 2.24) is 9.80 Å². The Morgan fingerprint density at radius 2 is 1.62 bits per heavy atom. The van der Waals surface area contributed by atoms with E-state index in [-0.39, 0.29) is 5.91 Å². The number of methoxy groups -OCH3 is 2. The molecule has 0 saturated carbocycles. The highest BCUT2D eigenvalue weighted by Gasteiger charge is 2.26. The van der Waals surface area contributed by atoms with Gasteiger partial charge in [0.05, 0.1) is 20.8 Å². The van der Waals surface area contributed by atoms with Crippen LogP contribution in [0.3, 0.4) is 0 Å². The Labute approximate surface area is 173 Å². The van der Waals surface area contributed by atoms with Gasteiger partial charge >= 0.3 is 0 Å². The van der Waals surface area contributed by atoms with Crippen molar-refractivity contribution in [2.75, 3.05) is 40.4 Å². The molecular formula is C24H30N2O3. The predicted octanol–water partition coefficient (Wildman–Crippen LogP) is 3.47. The number of carbonyl (C=O) groups is 1. The Morgan fingerprint density at radius 1 is 0.966 bits per heavy atom. The quantitative estimate of drug-likeness (QED) is 0.779. The number of likely N-dealkylation sites (tertiary alicyclic amines) is 1. The normalized spacial score (nSPS) is 17.7. The largest absolute Gasteiger partial charge is 0.493 e. The average Bonchev–Trinajstić information content (AvgIpc) is 2.78. The van der Waals surface area contributed by atoms with Crippen LogP contribution in [0.25, 0.3) is 0 Å². The minimum absolute atomic E-state index is 0.226. The van der Waals surface area contributed by atoms with Crippen molar-refractivity contribution in [1.29, 1.82) is 0 Å². The zero-order valence-corrected chi connectivity index (χ0v) is 17.4. The Kier molecular flexibility index (Phi) is 6.05. The van der Waals surface area contributed by atoms with Crippen LogP contribution in [0.5, 0.6) is 11.5 Å². The SMILES string of the molecule is COc1cc2c(cc1OC)CN(C(=O)CN1CCC(c3ccccc3)CC1)CC2. The second kappa shape index (κ2) is 8.87. The number of carbonyl (C=O) groups excluding carboxylic acids is 1. The fraction of sp³-hybridized carbons (Fsp3) is 0.458. The Bertz CT molecular complexity index is 845. The molecule has 0 spiro atoms. The minimum Gasteiger partial charge on any atom is -0.493 e. The summed E-state index contributed by atoms with van der Waals surface area (Å²) in [6, 6.07) is 14.8. The van der Waals surface area contributed by atoms with Crippen molar-refractivity contribution in [3.8, 4) is 11.5 Å². The first kappa shape index (κ1) is 19.8. The van der Waals surface area contributed by atoms with E-state index >= 15 is 0 Å². The highest BCUT2D eigenvalue weighted by Crippen LogP contribution is 2.33. The third kappa shape index (κ3) is 4.40. The van der Waals surface area contributed by atoms with Gasteiger partial charge in [-0.15, -0.1) is 0 Å². The highest BCUT2D eigenvalue weighted by molar-refractivity contribution is 5.78. The van der Waals surface area contributed by atoms with Crippen molar-refractivity contribution in [2.45, 2.75) is 31.7 Å². The number of fused-ring (bicyclic) bond motifs is 1. The van der Waals surface area contributed by atoms with Crippen LogP contribution in [-0.2, 0) is 17.8 Å². The number of ether oxygens (including phenoxy) is 2. The number of amides is 1. The molecule has 5 heteroatoms. The molecule has 0 radical (unpaired) electrons. The molecule has 0 aromatic heterocycles. The van der Waals surface area contributed by atoms with Crippen LogP contribution in [0.1, 0.15) is 35.4 Å². The smallest absolute Gasteiger partial charge is 0.237 e. The minimum atomic E-state index is 0.226. The first-order chi connectivity index (χ1) is 14.2. The van der Waals surface area contributed by atoms with Gasteiger partial charge in [0.1, 0.15) is 0 Å². The van der Waals surface area contributed by atoms with Gasteiger partial charge in [0.25, 0.3) is 0 Å².